The zero-order valence-corrected chi connectivity index (χ0v) is 12.3. The van der Waals surface area contributed by atoms with Crippen molar-refractivity contribution in [2.45, 2.75) is 6.92 Å². The summed E-state index contributed by atoms with van der Waals surface area (Å²) in [7, 11) is 0. The smallest absolute Gasteiger partial charge is 0.194 e. The van der Waals surface area contributed by atoms with Gasteiger partial charge in [0.05, 0.1) is 16.7 Å². The van der Waals surface area contributed by atoms with Gasteiger partial charge in [0.2, 0.25) is 0 Å². The molecule has 104 valence electrons. The Kier molecular flexibility index (Phi) is 4.53. The molecule has 0 radical (unpaired) electrons. The molecule has 0 aliphatic heterocycles. The molecule has 2 aromatic rings. The van der Waals surface area contributed by atoms with Gasteiger partial charge in [-0.3, -0.25) is 4.79 Å². The van der Waals surface area contributed by atoms with E-state index in [4.69, 9.17) is 33.7 Å². The quantitative estimate of drug-likeness (QED) is 0.680. The molecule has 0 aromatic heterocycles. The zero-order valence-electron chi connectivity index (χ0n) is 10.8. The first-order chi connectivity index (χ1) is 9.52. The van der Waals surface area contributed by atoms with Crippen LogP contribution in [-0.2, 0) is 0 Å². The molecule has 0 saturated heterocycles. The average Bonchev–Trinajstić information content (AvgIpc) is 2.43. The predicted octanol–water partition coefficient (Wildman–Crippen LogP) is 4.21. The third-order valence-electron chi connectivity index (χ3n) is 2.74. The van der Waals surface area contributed by atoms with Gasteiger partial charge in [0, 0.05) is 22.9 Å². The van der Waals surface area contributed by atoms with Gasteiger partial charge >= 0.3 is 0 Å². The molecule has 0 heterocycles. The van der Waals surface area contributed by atoms with Gasteiger partial charge in [0.15, 0.2) is 5.78 Å². The lowest BCUT2D eigenvalue weighted by Gasteiger charge is -2.10. The second kappa shape index (κ2) is 6.16. The summed E-state index contributed by atoms with van der Waals surface area (Å²) >= 11 is 12.2. The Morgan fingerprint density at radius 1 is 1.15 bits per heavy atom. The largest absolute Gasteiger partial charge is 0.492 e. The zero-order chi connectivity index (χ0) is 14.7. The van der Waals surface area contributed by atoms with Crippen molar-refractivity contribution in [3.8, 4) is 5.75 Å². The van der Waals surface area contributed by atoms with E-state index in [0.29, 0.717) is 39.2 Å². The summed E-state index contributed by atoms with van der Waals surface area (Å²) in [5.74, 6) is 0.257. The van der Waals surface area contributed by atoms with Gasteiger partial charge in [-0.25, -0.2) is 0 Å². The van der Waals surface area contributed by atoms with E-state index < -0.39 is 0 Å². The van der Waals surface area contributed by atoms with Gasteiger partial charge in [0.1, 0.15) is 5.75 Å². The van der Waals surface area contributed by atoms with E-state index in [9.17, 15) is 4.79 Å². The van der Waals surface area contributed by atoms with E-state index in [-0.39, 0.29) is 5.78 Å². The van der Waals surface area contributed by atoms with Gasteiger partial charge < -0.3 is 10.5 Å². The fourth-order valence-electron chi connectivity index (χ4n) is 1.76. The number of carbonyl (C=O) groups excluding carboxylic acids is 1. The molecule has 2 N–H and O–H groups in total. The fourth-order valence-corrected chi connectivity index (χ4v) is 2.22. The maximum absolute atomic E-state index is 12.4. The molecule has 0 unspecified atom stereocenters. The van der Waals surface area contributed by atoms with E-state index >= 15 is 0 Å². The third kappa shape index (κ3) is 3.06. The van der Waals surface area contributed by atoms with Gasteiger partial charge in [-0.15, -0.1) is 0 Å². The Morgan fingerprint density at radius 3 is 2.40 bits per heavy atom. The van der Waals surface area contributed by atoms with Crippen molar-refractivity contribution >= 4 is 34.7 Å². The molecule has 2 rings (SSSR count). The highest BCUT2D eigenvalue weighted by Gasteiger charge is 2.16. The second-order valence-corrected chi connectivity index (χ2v) is 4.96. The highest BCUT2D eigenvalue weighted by Crippen LogP contribution is 2.32. The molecule has 0 bridgehead atoms. The Hall–Kier alpha value is -1.71. The minimum Gasteiger partial charge on any atom is -0.492 e. The van der Waals surface area contributed by atoms with Crippen LogP contribution in [0.2, 0.25) is 10.0 Å². The molecule has 0 atom stereocenters. The molecule has 0 spiro atoms. The van der Waals surface area contributed by atoms with Crippen molar-refractivity contribution in [3.05, 3.63) is 57.6 Å². The number of ether oxygens (including phenoxy) is 1. The molecule has 3 nitrogen and oxygen atoms in total. The SMILES string of the molecule is CCOc1cc(Cl)c(C(=O)c2ccc(N)cc2)cc1Cl. The summed E-state index contributed by atoms with van der Waals surface area (Å²) < 4.78 is 5.33. The lowest BCUT2D eigenvalue weighted by molar-refractivity contribution is 0.103. The molecular formula is C15H13Cl2NO2. The van der Waals surface area contributed by atoms with Crippen LogP contribution < -0.4 is 10.5 Å². The maximum atomic E-state index is 12.4. The lowest BCUT2D eigenvalue weighted by Crippen LogP contribution is -2.03. The molecule has 2 aromatic carbocycles. The molecular weight excluding hydrogens is 297 g/mol. The number of nitrogen functional groups attached to an aromatic ring is 1. The fraction of sp³-hybridized carbons (Fsp3) is 0.133. The van der Waals surface area contributed by atoms with Crippen LogP contribution in [0, 0.1) is 0 Å². The van der Waals surface area contributed by atoms with Crippen LogP contribution in [-0.4, -0.2) is 12.4 Å². The predicted molar refractivity (Wildman–Crippen MR) is 81.9 cm³/mol. The van der Waals surface area contributed by atoms with E-state index in [1.165, 1.54) is 6.07 Å². The first-order valence-corrected chi connectivity index (χ1v) is 6.80. The third-order valence-corrected chi connectivity index (χ3v) is 3.35. The lowest BCUT2D eigenvalue weighted by atomic mass is 10.0. The van der Waals surface area contributed by atoms with Crippen LogP contribution in [0.5, 0.6) is 5.75 Å². The van der Waals surface area contributed by atoms with E-state index in [1.807, 2.05) is 6.92 Å². The van der Waals surface area contributed by atoms with E-state index in [0.717, 1.165) is 0 Å². The number of hydrogen-bond acceptors (Lipinski definition) is 3. The minimum absolute atomic E-state index is 0.208. The van der Waals surface area contributed by atoms with Crippen LogP contribution in [0.3, 0.4) is 0 Å². The van der Waals surface area contributed by atoms with Crippen molar-refractivity contribution in [1.29, 1.82) is 0 Å². The Balaban J connectivity index is 2.40. The summed E-state index contributed by atoms with van der Waals surface area (Å²) in [6.07, 6.45) is 0. The van der Waals surface area contributed by atoms with Crippen LogP contribution in [0.1, 0.15) is 22.8 Å². The minimum atomic E-state index is -0.208. The second-order valence-electron chi connectivity index (χ2n) is 4.15. The Morgan fingerprint density at radius 2 is 1.80 bits per heavy atom. The number of hydrogen-bond donors (Lipinski definition) is 1. The first kappa shape index (κ1) is 14.7. The standard InChI is InChI=1S/C15H13Cl2NO2/c1-2-20-14-8-12(16)11(7-13(14)17)15(19)9-3-5-10(18)6-4-9/h3-8H,2,18H2,1H3. The number of halogens is 2. The molecule has 0 amide bonds. The van der Waals surface area contributed by atoms with E-state index in [1.54, 1.807) is 30.3 Å². The van der Waals surface area contributed by atoms with Crippen LogP contribution >= 0.6 is 23.2 Å². The monoisotopic (exact) mass is 309 g/mol. The Labute approximate surface area is 127 Å². The van der Waals surface area contributed by atoms with Crippen molar-refractivity contribution in [2.24, 2.45) is 0 Å². The molecule has 0 aliphatic rings. The van der Waals surface area contributed by atoms with E-state index in [2.05, 4.69) is 0 Å². The molecule has 0 fully saturated rings. The van der Waals surface area contributed by atoms with Crippen molar-refractivity contribution in [3.63, 3.8) is 0 Å². The van der Waals surface area contributed by atoms with Gasteiger partial charge in [-0.1, -0.05) is 23.2 Å². The van der Waals surface area contributed by atoms with Crippen molar-refractivity contribution in [2.75, 3.05) is 12.3 Å². The number of rotatable bonds is 4. The molecule has 5 heteroatoms. The summed E-state index contributed by atoms with van der Waals surface area (Å²) in [6.45, 7) is 2.32. The maximum Gasteiger partial charge on any atom is 0.194 e. The summed E-state index contributed by atoms with van der Waals surface area (Å²) in [5, 5.41) is 0.662. The van der Waals surface area contributed by atoms with Crippen LogP contribution in [0.25, 0.3) is 0 Å². The average molecular weight is 310 g/mol. The van der Waals surface area contributed by atoms with Gasteiger partial charge in [-0.2, -0.15) is 0 Å². The molecule has 0 saturated carbocycles. The summed E-state index contributed by atoms with van der Waals surface area (Å²) in [5.41, 5.74) is 7.03. The number of benzene rings is 2. The number of anilines is 1. The van der Waals surface area contributed by atoms with Crippen LogP contribution in [0.4, 0.5) is 5.69 Å². The number of nitrogens with two attached hydrogens (primary N) is 1. The first-order valence-electron chi connectivity index (χ1n) is 6.05. The summed E-state index contributed by atoms with van der Waals surface area (Å²) in [6, 6.07) is 9.71. The van der Waals surface area contributed by atoms with Crippen molar-refractivity contribution < 1.29 is 9.53 Å². The highest BCUT2D eigenvalue weighted by molar-refractivity contribution is 6.37. The van der Waals surface area contributed by atoms with Crippen molar-refractivity contribution in [1.82, 2.24) is 0 Å². The molecule has 0 aliphatic carbocycles. The van der Waals surface area contributed by atoms with Gasteiger partial charge in [-0.05, 0) is 37.3 Å². The summed E-state index contributed by atoms with van der Waals surface area (Å²) in [4.78, 5) is 12.4. The molecule has 20 heavy (non-hydrogen) atoms. The normalized spacial score (nSPS) is 10.3. The number of ketones is 1. The van der Waals surface area contributed by atoms with Crippen LogP contribution in [0.15, 0.2) is 36.4 Å². The Bertz CT molecular complexity index is 639. The number of carbonyl (C=O) groups is 1. The topological polar surface area (TPSA) is 52.3 Å². The highest BCUT2D eigenvalue weighted by atomic mass is 35.5. The van der Waals surface area contributed by atoms with Gasteiger partial charge in [0.25, 0.3) is 0 Å².